The van der Waals surface area contributed by atoms with E-state index in [4.69, 9.17) is 9.47 Å². The fourth-order valence-corrected chi connectivity index (χ4v) is 4.75. The summed E-state index contributed by atoms with van der Waals surface area (Å²) in [5.41, 5.74) is 3.09. The summed E-state index contributed by atoms with van der Waals surface area (Å²) in [6.45, 7) is 4.37. The maximum Gasteiger partial charge on any atom is 0.273 e. The molecule has 8 nitrogen and oxygen atoms in total. The molecule has 0 unspecified atom stereocenters. The van der Waals surface area contributed by atoms with Gasteiger partial charge in [0.15, 0.2) is 0 Å². The summed E-state index contributed by atoms with van der Waals surface area (Å²) in [6.07, 6.45) is 3.43. The van der Waals surface area contributed by atoms with E-state index in [1.165, 1.54) is 6.07 Å². The molecule has 37 heavy (non-hydrogen) atoms. The van der Waals surface area contributed by atoms with Crippen LogP contribution in [0.2, 0.25) is 0 Å². The van der Waals surface area contributed by atoms with Crippen molar-refractivity contribution in [1.82, 2.24) is 19.7 Å². The van der Waals surface area contributed by atoms with Crippen LogP contribution in [0.1, 0.15) is 41.0 Å². The Bertz CT molecular complexity index is 1490. The van der Waals surface area contributed by atoms with Gasteiger partial charge >= 0.3 is 0 Å². The van der Waals surface area contributed by atoms with Crippen molar-refractivity contribution >= 4 is 16.8 Å². The minimum atomic E-state index is -1.09. The molecule has 1 aliphatic rings. The van der Waals surface area contributed by atoms with E-state index < -0.39 is 11.4 Å². The fraction of sp³-hybridized carbons (Fsp3) is 0.321. The molecule has 1 N–H and O–H groups in total. The minimum absolute atomic E-state index is 0.0452. The van der Waals surface area contributed by atoms with E-state index >= 15 is 4.39 Å². The highest BCUT2D eigenvalue weighted by Gasteiger charge is 2.30. The lowest BCUT2D eigenvalue weighted by Gasteiger charge is -2.21. The molecule has 4 aromatic rings. The van der Waals surface area contributed by atoms with Gasteiger partial charge in [-0.3, -0.25) is 14.5 Å². The molecule has 5 rings (SSSR count). The second kappa shape index (κ2) is 9.57. The molecular formula is C28H29FN4O4. The van der Waals surface area contributed by atoms with Crippen LogP contribution in [0, 0.1) is 5.82 Å². The Hall–Kier alpha value is -3.82. The van der Waals surface area contributed by atoms with E-state index in [-0.39, 0.29) is 24.6 Å². The summed E-state index contributed by atoms with van der Waals surface area (Å²) in [5, 5.41) is 16.0. The molecular weight excluding hydrogens is 475 g/mol. The summed E-state index contributed by atoms with van der Waals surface area (Å²) >= 11 is 0. The number of aromatic nitrogens is 3. The Balaban J connectivity index is 1.57. The normalized spacial score (nSPS) is 13.5. The number of hydrogen-bond donors (Lipinski definition) is 1. The third-order valence-corrected chi connectivity index (χ3v) is 6.55. The molecule has 0 radical (unpaired) electrons. The zero-order valence-corrected chi connectivity index (χ0v) is 21.3. The van der Waals surface area contributed by atoms with Gasteiger partial charge in [0.1, 0.15) is 23.9 Å². The van der Waals surface area contributed by atoms with Crippen molar-refractivity contribution in [2.45, 2.75) is 32.5 Å². The quantitative estimate of drug-likeness (QED) is 0.362. The molecule has 192 valence electrons. The summed E-state index contributed by atoms with van der Waals surface area (Å²) in [4.78, 5) is 18.6. The van der Waals surface area contributed by atoms with Crippen LogP contribution in [0.4, 0.5) is 4.39 Å². The molecule has 0 bridgehead atoms. The summed E-state index contributed by atoms with van der Waals surface area (Å²) in [6, 6.07) is 10.5. The van der Waals surface area contributed by atoms with Crippen LogP contribution in [-0.4, -0.2) is 51.0 Å². The first-order chi connectivity index (χ1) is 17.7. The van der Waals surface area contributed by atoms with Crippen molar-refractivity contribution in [3.63, 3.8) is 0 Å². The molecule has 0 spiro atoms. The largest absolute Gasteiger partial charge is 0.491 e. The molecule has 0 aliphatic carbocycles. The van der Waals surface area contributed by atoms with Crippen molar-refractivity contribution < 1.29 is 23.8 Å². The standard InChI is InChI=1S/C28H29FN4O4/c1-28(2,35)22-8-7-19(20-15-32(3)31-26(20)22)18-12-23(29)21(24(13-18)37-11-10-36-4)16-33-14-17-6-5-9-30-25(17)27(33)34/h5-9,12-13,15,35H,10-11,14,16H2,1-4H3. The van der Waals surface area contributed by atoms with Gasteiger partial charge in [0.25, 0.3) is 5.91 Å². The Morgan fingerprint density at radius 3 is 2.73 bits per heavy atom. The number of carbonyl (C=O) groups excluding carboxylic acids is 1. The molecule has 9 heteroatoms. The lowest BCUT2D eigenvalue weighted by atomic mass is 9.91. The van der Waals surface area contributed by atoms with Gasteiger partial charge in [-0.2, -0.15) is 5.10 Å². The lowest BCUT2D eigenvalue weighted by molar-refractivity contribution is 0.0757. The second-order valence-corrected chi connectivity index (χ2v) is 9.73. The molecule has 0 atom stereocenters. The predicted molar refractivity (Wildman–Crippen MR) is 137 cm³/mol. The Labute approximate surface area is 214 Å². The van der Waals surface area contributed by atoms with Gasteiger partial charge in [-0.05, 0) is 43.2 Å². The number of amides is 1. The molecule has 0 fully saturated rings. The first-order valence-electron chi connectivity index (χ1n) is 12.0. The van der Waals surface area contributed by atoms with E-state index in [1.54, 1.807) is 55.9 Å². The number of hydrogen-bond acceptors (Lipinski definition) is 6. The lowest BCUT2D eigenvalue weighted by Crippen LogP contribution is -2.24. The van der Waals surface area contributed by atoms with E-state index in [0.717, 1.165) is 16.5 Å². The van der Waals surface area contributed by atoms with E-state index in [9.17, 15) is 9.90 Å². The van der Waals surface area contributed by atoms with Crippen LogP contribution in [0.25, 0.3) is 22.0 Å². The third-order valence-electron chi connectivity index (χ3n) is 6.55. The number of fused-ring (bicyclic) bond motifs is 2. The van der Waals surface area contributed by atoms with Crippen LogP contribution < -0.4 is 4.74 Å². The number of aryl methyl sites for hydroxylation is 1. The van der Waals surface area contributed by atoms with Crippen molar-refractivity contribution in [2.24, 2.45) is 7.05 Å². The van der Waals surface area contributed by atoms with Crippen molar-refractivity contribution in [2.75, 3.05) is 20.3 Å². The highest BCUT2D eigenvalue weighted by molar-refractivity contribution is 5.97. The topological polar surface area (TPSA) is 89.7 Å². The SMILES string of the molecule is COCCOc1cc(-c2ccc(C(C)(C)O)c3nn(C)cc23)cc(F)c1CN1Cc2cccnc2C1=O. The molecule has 0 saturated heterocycles. The summed E-state index contributed by atoms with van der Waals surface area (Å²) < 4.78 is 28.5. The van der Waals surface area contributed by atoms with Crippen LogP contribution in [0.5, 0.6) is 5.75 Å². The number of nitrogens with zero attached hydrogens (tertiary/aromatic N) is 4. The Morgan fingerprint density at radius 2 is 2.00 bits per heavy atom. The van der Waals surface area contributed by atoms with Crippen LogP contribution >= 0.6 is 0 Å². The van der Waals surface area contributed by atoms with Gasteiger partial charge in [0, 0.05) is 55.2 Å². The number of carbonyl (C=O) groups is 1. The monoisotopic (exact) mass is 504 g/mol. The number of pyridine rings is 1. The predicted octanol–water partition coefficient (Wildman–Crippen LogP) is 4.18. The first-order valence-corrected chi connectivity index (χ1v) is 12.0. The third kappa shape index (κ3) is 4.68. The fourth-order valence-electron chi connectivity index (χ4n) is 4.75. The zero-order valence-electron chi connectivity index (χ0n) is 21.3. The average Bonchev–Trinajstić information content (AvgIpc) is 3.39. The molecule has 1 aliphatic heterocycles. The van der Waals surface area contributed by atoms with Crippen LogP contribution in [0.15, 0.2) is 48.8 Å². The molecule has 3 heterocycles. The first kappa shape index (κ1) is 24.9. The van der Waals surface area contributed by atoms with Crippen LogP contribution in [-0.2, 0) is 30.5 Å². The van der Waals surface area contributed by atoms with E-state index in [1.807, 2.05) is 24.4 Å². The van der Waals surface area contributed by atoms with Gasteiger partial charge in [-0.25, -0.2) is 4.39 Å². The number of halogens is 1. The second-order valence-electron chi connectivity index (χ2n) is 9.73. The average molecular weight is 505 g/mol. The van der Waals surface area contributed by atoms with Crippen molar-refractivity contribution in [3.05, 3.63) is 77.0 Å². The van der Waals surface area contributed by atoms with Crippen molar-refractivity contribution in [3.8, 4) is 16.9 Å². The van der Waals surface area contributed by atoms with E-state index in [0.29, 0.717) is 41.2 Å². The highest BCUT2D eigenvalue weighted by atomic mass is 19.1. The van der Waals surface area contributed by atoms with Gasteiger partial charge in [-0.1, -0.05) is 18.2 Å². The summed E-state index contributed by atoms with van der Waals surface area (Å²) in [5.74, 6) is -0.376. The highest BCUT2D eigenvalue weighted by Crippen LogP contribution is 2.38. The number of ether oxygens (including phenoxy) is 2. The molecule has 2 aromatic carbocycles. The number of rotatable bonds is 8. The maximum absolute atomic E-state index is 15.8. The Morgan fingerprint density at radius 1 is 1.19 bits per heavy atom. The minimum Gasteiger partial charge on any atom is -0.491 e. The summed E-state index contributed by atoms with van der Waals surface area (Å²) in [7, 11) is 3.37. The maximum atomic E-state index is 15.8. The molecule has 0 saturated carbocycles. The zero-order chi connectivity index (χ0) is 26.3. The number of benzene rings is 2. The van der Waals surface area contributed by atoms with Gasteiger partial charge < -0.3 is 19.5 Å². The van der Waals surface area contributed by atoms with Gasteiger partial charge in [0.2, 0.25) is 0 Å². The number of aliphatic hydroxyl groups is 1. The van der Waals surface area contributed by atoms with Gasteiger partial charge in [0.05, 0.1) is 24.3 Å². The smallest absolute Gasteiger partial charge is 0.273 e. The van der Waals surface area contributed by atoms with Crippen LogP contribution in [0.3, 0.4) is 0 Å². The van der Waals surface area contributed by atoms with Gasteiger partial charge in [-0.15, -0.1) is 0 Å². The van der Waals surface area contributed by atoms with E-state index in [2.05, 4.69) is 10.1 Å². The molecule has 2 aromatic heterocycles. The molecule has 1 amide bonds. The number of methoxy groups -OCH3 is 1. The Kier molecular flexibility index (Phi) is 6.43. The van der Waals surface area contributed by atoms with Crippen molar-refractivity contribution in [1.29, 1.82) is 0 Å².